The second-order valence-electron chi connectivity index (χ2n) is 8.40. The lowest BCUT2D eigenvalue weighted by Gasteiger charge is -2.11. The summed E-state index contributed by atoms with van der Waals surface area (Å²) in [6, 6.07) is 0. The van der Waals surface area contributed by atoms with Gasteiger partial charge in [-0.1, -0.05) is 96.1 Å². The van der Waals surface area contributed by atoms with Crippen molar-refractivity contribution in [3.8, 4) is 0 Å². The molecule has 0 aliphatic heterocycles. The number of unbranched alkanes of at least 4 members (excludes halogenated alkanes) is 15. The number of hydrogen-bond donors (Lipinski definition) is 2. The van der Waals surface area contributed by atoms with Crippen molar-refractivity contribution in [2.75, 3.05) is 0 Å². The van der Waals surface area contributed by atoms with Crippen LogP contribution < -0.4 is 0 Å². The molecule has 0 aliphatic carbocycles. The van der Waals surface area contributed by atoms with Gasteiger partial charge in [0.05, 0.1) is 6.10 Å². The first-order valence-electron chi connectivity index (χ1n) is 12.1. The Bertz CT molecular complexity index is 363. The minimum Gasteiger partial charge on any atom is -0.390 e. The third-order valence-corrected chi connectivity index (χ3v) is 5.47. The Morgan fingerprint density at radius 2 is 1.07 bits per heavy atom. The van der Waals surface area contributed by atoms with Crippen LogP contribution in [-0.4, -0.2) is 28.2 Å². The second-order valence-corrected chi connectivity index (χ2v) is 8.40. The lowest BCUT2D eigenvalue weighted by atomic mass is 10.0. The van der Waals surface area contributed by atoms with Gasteiger partial charge in [0.1, 0.15) is 6.10 Å². The molecular formula is C25H48O3. The molecule has 0 aromatic carbocycles. The van der Waals surface area contributed by atoms with Gasteiger partial charge in [0.25, 0.3) is 0 Å². The van der Waals surface area contributed by atoms with E-state index in [4.69, 9.17) is 0 Å². The molecule has 2 unspecified atom stereocenters. The van der Waals surface area contributed by atoms with Gasteiger partial charge in [-0.3, -0.25) is 4.79 Å². The largest absolute Gasteiger partial charge is 0.390 e. The number of ketones is 1. The van der Waals surface area contributed by atoms with Gasteiger partial charge >= 0.3 is 0 Å². The van der Waals surface area contributed by atoms with Crippen LogP contribution >= 0.6 is 0 Å². The summed E-state index contributed by atoms with van der Waals surface area (Å²) in [6.07, 6.45) is 24.7. The first-order chi connectivity index (χ1) is 13.6. The maximum atomic E-state index is 11.6. The van der Waals surface area contributed by atoms with Crippen LogP contribution in [0, 0.1) is 0 Å². The van der Waals surface area contributed by atoms with E-state index in [0.29, 0.717) is 6.42 Å². The van der Waals surface area contributed by atoms with E-state index in [1.807, 2.05) is 0 Å². The summed E-state index contributed by atoms with van der Waals surface area (Å²) in [5, 5.41) is 18.6. The molecule has 2 N–H and O–H groups in total. The first kappa shape index (κ1) is 27.3. The fourth-order valence-corrected chi connectivity index (χ4v) is 3.49. The van der Waals surface area contributed by atoms with E-state index >= 15 is 0 Å². The minimum atomic E-state index is -1.20. The maximum Gasteiger partial charge on any atom is 0.163 e. The molecule has 0 rings (SSSR count). The van der Waals surface area contributed by atoms with Crippen LogP contribution in [0.5, 0.6) is 0 Å². The molecule has 0 aliphatic rings. The summed E-state index contributed by atoms with van der Waals surface area (Å²) >= 11 is 0. The number of allylic oxidation sites excluding steroid dienone is 2. The van der Waals surface area contributed by atoms with E-state index in [1.54, 1.807) is 0 Å². The number of aliphatic hydroxyl groups excluding tert-OH is 2. The molecule has 166 valence electrons. The fraction of sp³-hybridized carbons (Fsp3) is 0.880. The van der Waals surface area contributed by atoms with Crippen molar-refractivity contribution in [1.29, 1.82) is 0 Å². The highest BCUT2D eigenvalue weighted by atomic mass is 16.3. The summed E-state index contributed by atoms with van der Waals surface area (Å²) in [5.41, 5.74) is 0. The third-order valence-electron chi connectivity index (χ3n) is 5.47. The van der Waals surface area contributed by atoms with Crippen molar-refractivity contribution >= 4 is 5.78 Å². The van der Waals surface area contributed by atoms with E-state index in [2.05, 4.69) is 19.1 Å². The lowest BCUT2D eigenvalue weighted by molar-refractivity contribution is -0.132. The molecule has 0 spiro atoms. The normalized spacial score (nSPS) is 13.9. The molecule has 3 nitrogen and oxygen atoms in total. The van der Waals surface area contributed by atoms with Crippen LogP contribution in [0.25, 0.3) is 0 Å². The number of Topliss-reactive ketones (excluding diaryl/α,β-unsaturated/α-hetero) is 1. The predicted molar refractivity (Wildman–Crippen MR) is 121 cm³/mol. The lowest BCUT2D eigenvalue weighted by Crippen LogP contribution is -2.31. The highest BCUT2D eigenvalue weighted by molar-refractivity contribution is 5.83. The van der Waals surface area contributed by atoms with Crippen LogP contribution in [0.2, 0.25) is 0 Å². The van der Waals surface area contributed by atoms with Crippen LogP contribution in [0.1, 0.15) is 129 Å². The van der Waals surface area contributed by atoms with E-state index in [9.17, 15) is 15.0 Å². The standard InChI is InChI=1S/C25H48O3/c1-3-4-5-6-7-8-9-10-11-12-13-14-15-16-17-18-19-20-21-22-24(27)25(28)23(2)26/h10-11,23,25-26,28H,3-9,12-22H2,1-2H3/b11-10+. The highest BCUT2D eigenvalue weighted by Gasteiger charge is 2.19. The van der Waals surface area contributed by atoms with Gasteiger partial charge in [0.15, 0.2) is 5.78 Å². The molecule has 0 fully saturated rings. The monoisotopic (exact) mass is 396 g/mol. The summed E-state index contributed by atoms with van der Waals surface area (Å²) in [4.78, 5) is 11.6. The third kappa shape index (κ3) is 18.7. The molecule has 0 aromatic heterocycles. The van der Waals surface area contributed by atoms with E-state index in [0.717, 1.165) is 12.8 Å². The Morgan fingerprint density at radius 3 is 1.50 bits per heavy atom. The smallest absolute Gasteiger partial charge is 0.163 e. The van der Waals surface area contributed by atoms with Gasteiger partial charge in [-0.05, 0) is 39.0 Å². The molecule has 0 saturated carbocycles. The van der Waals surface area contributed by atoms with Gasteiger partial charge < -0.3 is 10.2 Å². The van der Waals surface area contributed by atoms with Crippen molar-refractivity contribution in [3.63, 3.8) is 0 Å². The Kier molecular flexibility index (Phi) is 20.5. The van der Waals surface area contributed by atoms with Gasteiger partial charge in [-0.25, -0.2) is 0 Å². The molecule has 0 saturated heterocycles. The second kappa shape index (κ2) is 21.0. The molecule has 2 atom stereocenters. The Labute approximate surface area is 175 Å². The van der Waals surface area contributed by atoms with Crippen molar-refractivity contribution in [2.24, 2.45) is 0 Å². The molecule has 28 heavy (non-hydrogen) atoms. The van der Waals surface area contributed by atoms with Gasteiger partial charge in [-0.2, -0.15) is 0 Å². The maximum absolute atomic E-state index is 11.6. The topological polar surface area (TPSA) is 57.5 Å². The number of carbonyl (C=O) groups is 1. The highest BCUT2D eigenvalue weighted by Crippen LogP contribution is 2.13. The summed E-state index contributed by atoms with van der Waals surface area (Å²) < 4.78 is 0. The molecule has 0 bridgehead atoms. The van der Waals surface area contributed by atoms with Crippen LogP contribution in [0.4, 0.5) is 0 Å². The Morgan fingerprint density at radius 1 is 0.679 bits per heavy atom. The number of rotatable bonds is 21. The first-order valence-corrected chi connectivity index (χ1v) is 12.1. The van der Waals surface area contributed by atoms with Crippen molar-refractivity contribution < 1.29 is 15.0 Å². The van der Waals surface area contributed by atoms with Gasteiger partial charge in [0, 0.05) is 6.42 Å². The van der Waals surface area contributed by atoms with E-state index < -0.39 is 12.2 Å². The molecule has 0 amide bonds. The quantitative estimate of drug-likeness (QED) is 0.164. The molecule has 3 heteroatoms. The SMILES string of the molecule is CCCCCCCC/C=C/CCCCCCCCCCCC(=O)C(O)C(C)O. The summed E-state index contributed by atoms with van der Waals surface area (Å²) in [6.45, 7) is 3.72. The summed E-state index contributed by atoms with van der Waals surface area (Å²) in [5.74, 6) is -0.226. The molecule has 0 radical (unpaired) electrons. The predicted octanol–water partition coefficient (Wildman–Crippen LogP) is 6.90. The van der Waals surface area contributed by atoms with Crippen LogP contribution in [0.3, 0.4) is 0 Å². The Balaban J connectivity index is 3.21. The fourth-order valence-electron chi connectivity index (χ4n) is 3.49. The molecule has 0 heterocycles. The Hall–Kier alpha value is -0.670. The summed E-state index contributed by atoms with van der Waals surface area (Å²) in [7, 11) is 0. The number of aliphatic hydroxyl groups is 2. The van der Waals surface area contributed by atoms with Gasteiger partial charge in [-0.15, -0.1) is 0 Å². The van der Waals surface area contributed by atoms with E-state index in [1.165, 1.54) is 103 Å². The van der Waals surface area contributed by atoms with E-state index in [-0.39, 0.29) is 5.78 Å². The number of carbonyl (C=O) groups excluding carboxylic acids is 1. The van der Waals surface area contributed by atoms with Crippen molar-refractivity contribution in [2.45, 2.75) is 142 Å². The zero-order chi connectivity index (χ0) is 20.9. The molecular weight excluding hydrogens is 348 g/mol. The minimum absolute atomic E-state index is 0.226. The average Bonchev–Trinajstić information content (AvgIpc) is 2.68. The molecule has 0 aromatic rings. The van der Waals surface area contributed by atoms with Crippen molar-refractivity contribution in [3.05, 3.63) is 12.2 Å². The van der Waals surface area contributed by atoms with Crippen LogP contribution in [0.15, 0.2) is 12.2 Å². The zero-order valence-corrected chi connectivity index (χ0v) is 18.8. The zero-order valence-electron chi connectivity index (χ0n) is 18.8. The van der Waals surface area contributed by atoms with Crippen LogP contribution in [-0.2, 0) is 4.79 Å². The average molecular weight is 397 g/mol. The number of hydrogen-bond acceptors (Lipinski definition) is 3. The van der Waals surface area contributed by atoms with Gasteiger partial charge in [0.2, 0.25) is 0 Å². The van der Waals surface area contributed by atoms with Crippen molar-refractivity contribution in [1.82, 2.24) is 0 Å².